The van der Waals surface area contributed by atoms with Crippen LogP contribution in [0, 0.1) is 12.7 Å². The van der Waals surface area contributed by atoms with Gasteiger partial charge >= 0.3 is 0 Å². The van der Waals surface area contributed by atoms with Crippen LogP contribution in [0.1, 0.15) is 21.7 Å². The molecule has 1 aromatic heterocycles. The smallest absolute Gasteiger partial charge is 0.261 e. The van der Waals surface area contributed by atoms with E-state index in [1.165, 1.54) is 24.5 Å². The number of aliphatic hydroxyl groups is 1. The lowest BCUT2D eigenvalue weighted by Gasteiger charge is -2.16. The summed E-state index contributed by atoms with van der Waals surface area (Å²) in [5.74, 6) is -0.576. The summed E-state index contributed by atoms with van der Waals surface area (Å²) in [5.41, 5.74) is 0.644. The first kappa shape index (κ1) is 15.9. The Morgan fingerprint density at radius 1 is 1.52 bits per heavy atom. The number of aryl methyl sites for hydroxylation is 1. The van der Waals surface area contributed by atoms with E-state index in [1.54, 1.807) is 19.1 Å². The third-order valence-corrected chi connectivity index (χ3v) is 4.55. The molecule has 0 radical (unpaired) electrons. The molecule has 2 rings (SSSR count). The lowest BCUT2D eigenvalue weighted by molar-refractivity contribution is 0.0882. The maximum Gasteiger partial charge on any atom is 0.261 e. The number of hydrogen-bond donors (Lipinski definition) is 2. The average molecular weight is 311 g/mol. The van der Waals surface area contributed by atoms with E-state index in [0.717, 1.165) is 4.70 Å². The van der Waals surface area contributed by atoms with Crippen LogP contribution in [0.25, 0.3) is 10.1 Å². The summed E-state index contributed by atoms with van der Waals surface area (Å²) in [4.78, 5) is 12.8. The zero-order valence-corrected chi connectivity index (χ0v) is 12.8. The Morgan fingerprint density at radius 2 is 2.29 bits per heavy atom. The van der Waals surface area contributed by atoms with Gasteiger partial charge in [-0.1, -0.05) is 6.07 Å². The molecule has 1 amide bonds. The van der Waals surface area contributed by atoms with Gasteiger partial charge in [0.1, 0.15) is 5.82 Å². The summed E-state index contributed by atoms with van der Waals surface area (Å²) in [7, 11) is 1.54. The summed E-state index contributed by atoms with van der Waals surface area (Å²) in [6, 6.07) is 4.56. The second kappa shape index (κ2) is 6.98. The summed E-state index contributed by atoms with van der Waals surface area (Å²) < 4.78 is 19.6. The van der Waals surface area contributed by atoms with Gasteiger partial charge < -0.3 is 15.2 Å². The van der Waals surface area contributed by atoms with Gasteiger partial charge in [0.25, 0.3) is 5.91 Å². The Kier molecular flexibility index (Phi) is 5.27. The number of ether oxygens (including phenoxy) is 1. The highest BCUT2D eigenvalue weighted by Crippen LogP contribution is 2.32. The number of nitrogens with one attached hydrogen (secondary N) is 1. The number of aliphatic hydroxyl groups excluding tert-OH is 1. The highest BCUT2D eigenvalue weighted by molar-refractivity contribution is 7.21. The summed E-state index contributed by atoms with van der Waals surface area (Å²) in [6.45, 7) is 2.03. The van der Waals surface area contributed by atoms with Crippen LogP contribution in [0.15, 0.2) is 18.2 Å². The van der Waals surface area contributed by atoms with Crippen molar-refractivity contribution >= 4 is 27.3 Å². The number of amides is 1. The zero-order chi connectivity index (χ0) is 15.4. The quantitative estimate of drug-likeness (QED) is 0.861. The number of benzene rings is 1. The number of hydrogen-bond acceptors (Lipinski definition) is 4. The molecule has 0 aliphatic rings. The number of thiophene rings is 1. The van der Waals surface area contributed by atoms with Gasteiger partial charge in [-0.2, -0.15) is 0 Å². The van der Waals surface area contributed by atoms with Crippen molar-refractivity contribution in [3.05, 3.63) is 34.5 Å². The van der Waals surface area contributed by atoms with Gasteiger partial charge in [0.15, 0.2) is 0 Å². The molecule has 0 aliphatic carbocycles. The van der Waals surface area contributed by atoms with E-state index >= 15 is 0 Å². The topological polar surface area (TPSA) is 58.6 Å². The number of carbonyl (C=O) groups excluding carboxylic acids is 1. The van der Waals surface area contributed by atoms with Crippen LogP contribution in [0.4, 0.5) is 4.39 Å². The Hall–Kier alpha value is -1.50. The molecule has 0 fully saturated rings. The van der Waals surface area contributed by atoms with Crippen molar-refractivity contribution in [3.63, 3.8) is 0 Å². The lowest BCUT2D eigenvalue weighted by atomic mass is 10.1. The lowest BCUT2D eigenvalue weighted by Crippen LogP contribution is -2.38. The number of fused-ring (bicyclic) bond motifs is 1. The molecule has 0 bridgehead atoms. The van der Waals surface area contributed by atoms with Crippen LogP contribution in [0.2, 0.25) is 0 Å². The van der Waals surface area contributed by atoms with Crippen molar-refractivity contribution in [2.45, 2.75) is 19.4 Å². The molecule has 0 saturated heterocycles. The fraction of sp³-hybridized carbons (Fsp3) is 0.400. The first-order valence-electron chi connectivity index (χ1n) is 6.66. The van der Waals surface area contributed by atoms with Gasteiger partial charge in [-0.05, 0) is 31.0 Å². The Labute approximate surface area is 126 Å². The SMILES string of the molecule is COCC(CCO)NC(=O)c1sc2cccc(F)c2c1C. The highest BCUT2D eigenvalue weighted by atomic mass is 32.1. The first-order chi connectivity index (χ1) is 10.1. The monoisotopic (exact) mass is 311 g/mol. The number of halogens is 1. The molecule has 0 aliphatic heterocycles. The average Bonchev–Trinajstić information content (AvgIpc) is 2.78. The van der Waals surface area contributed by atoms with Crippen molar-refractivity contribution in [1.29, 1.82) is 0 Å². The molecule has 0 saturated carbocycles. The predicted octanol–water partition coefficient (Wildman–Crippen LogP) is 2.48. The van der Waals surface area contributed by atoms with E-state index in [-0.39, 0.29) is 24.4 Å². The van der Waals surface area contributed by atoms with Gasteiger partial charge in [-0.25, -0.2) is 4.39 Å². The van der Waals surface area contributed by atoms with E-state index in [2.05, 4.69) is 5.32 Å². The molecular formula is C15H18FNO3S. The molecule has 2 aromatic rings. The van der Waals surface area contributed by atoms with E-state index in [1.807, 2.05) is 0 Å². The molecule has 0 spiro atoms. The van der Waals surface area contributed by atoms with Crippen molar-refractivity contribution in [2.24, 2.45) is 0 Å². The van der Waals surface area contributed by atoms with Crippen LogP contribution < -0.4 is 5.32 Å². The molecule has 6 heteroatoms. The van der Waals surface area contributed by atoms with E-state index in [0.29, 0.717) is 28.9 Å². The fourth-order valence-corrected chi connectivity index (χ4v) is 3.40. The van der Waals surface area contributed by atoms with Crippen molar-refractivity contribution in [2.75, 3.05) is 20.3 Å². The highest BCUT2D eigenvalue weighted by Gasteiger charge is 2.20. The summed E-state index contributed by atoms with van der Waals surface area (Å²) in [6.07, 6.45) is 0.415. The van der Waals surface area contributed by atoms with Crippen LogP contribution in [0.5, 0.6) is 0 Å². The predicted molar refractivity (Wildman–Crippen MR) is 81.4 cm³/mol. The van der Waals surface area contributed by atoms with Crippen LogP contribution >= 0.6 is 11.3 Å². The van der Waals surface area contributed by atoms with Gasteiger partial charge in [0.2, 0.25) is 0 Å². The Bertz CT molecular complexity index is 635. The number of methoxy groups -OCH3 is 1. The summed E-state index contributed by atoms with van der Waals surface area (Å²) >= 11 is 1.27. The Balaban J connectivity index is 2.27. The minimum Gasteiger partial charge on any atom is -0.396 e. The molecule has 21 heavy (non-hydrogen) atoms. The van der Waals surface area contributed by atoms with E-state index in [4.69, 9.17) is 9.84 Å². The van der Waals surface area contributed by atoms with Crippen molar-refractivity contribution in [1.82, 2.24) is 5.32 Å². The largest absolute Gasteiger partial charge is 0.396 e. The van der Waals surface area contributed by atoms with E-state index < -0.39 is 0 Å². The minimum atomic E-state index is -0.316. The van der Waals surface area contributed by atoms with Crippen molar-refractivity contribution < 1.29 is 19.0 Å². The normalized spacial score (nSPS) is 12.6. The molecule has 4 nitrogen and oxygen atoms in total. The molecule has 1 aromatic carbocycles. The molecular weight excluding hydrogens is 293 g/mol. The van der Waals surface area contributed by atoms with Crippen LogP contribution in [-0.4, -0.2) is 37.4 Å². The van der Waals surface area contributed by atoms with Crippen LogP contribution in [-0.2, 0) is 4.74 Å². The fourth-order valence-electron chi connectivity index (χ4n) is 2.28. The van der Waals surface area contributed by atoms with Gasteiger partial charge in [-0.15, -0.1) is 11.3 Å². The van der Waals surface area contributed by atoms with E-state index in [9.17, 15) is 9.18 Å². The number of carbonyl (C=O) groups is 1. The van der Waals surface area contributed by atoms with Gasteiger partial charge in [0.05, 0.1) is 17.5 Å². The second-order valence-corrected chi connectivity index (χ2v) is 5.86. The third-order valence-electron chi connectivity index (χ3n) is 3.29. The first-order valence-corrected chi connectivity index (χ1v) is 7.48. The molecule has 1 unspecified atom stereocenters. The Morgan fingerprint density at radius 3 is 2.90 bits per heavy atom. The van der Waals surface area contributed by atoms with Gasteiger partial charge in [-0.3, -0.25) is 4.79 Å². The molecule has 2 N–H and O–H groups in total. The maximum atomic E-state index is 13.8. The standard InChI is InChI=1S/C15H18FNO3S/c1-9-13-11(16)4-3-5-12(13)21-14(9)15(19)17-10(6-7-18)8-20-2/h3-5,10,18H,6-8H2,1-2H3,(H,17,19). The third kappa shape index (κ3) is 3.40. The summed E-state index contributed by atoms with van der Waals surface area (Å²) in [5, 5.41) is 12.3. The second-order valence-electron chi connectivity index (χ2n) is 4.81. The maximum absolute atomic E-state index is 13.8. The molecule has 114 valence electrons. The van der Waals surface area contributed by atoms with Gasteiger partial charge in [0, 0.05) is 23.8 Å². The van der Waals surface area contributed by atoms with Crippen molar-refractivity contribution in [3.8, 4) is 0 Å². The molecule has 1 atom stereocenters. The molecule has 1 heterocycles. The van der Waals surface area contributed by atoms with Crippen LogP contribution in [0.3, 0.4) is 0 Å². The number of rotatable bonds is 6. The minimum absolute atomic E-state index is 0.0334. The zero-order valence-electron chi connectivity index (χ0n) is 12.0.